The summed E-state index contributed by atoms with van der Waals surface area (Å²) in [6.45, 7) is 11.1. The number of carbonyl (C=O) groups excluding carboxylic acids is 4. The van der Waals surface area contributed by atoms with Crippen molar-refractivity contribution >= 4 is 24.1 Å². The molecule has 0 spiro atoms. The molecule has 0 bridgehead atoms. The summed E-state index contributed by atoms with van der Waals surface area (Å²) in [5.74, 6) is -1.06. The number of aliphatic hydroxyl groups excluding tert-OH is 1. The molecule has 0 radical (unpaired) electrons. The molecule has 0 heterocycles. The van der Waals surface area contributed by atoms with Gasteiger partial charge < -0.3 is 26.8 Å². The third-order valence-corrected chi connectivity index (χ3v) is 7.50. The van der Waals surface area contributed by atoms with Gasteiger partial charge in [0.15, 0.2) is 0 Å². The van der Waals surface area contributed by atoms with Crippen molar-refractivity contribution < 1.29 is 33.1 Å². The van der Waals surface area contributed by atoms with E-state index in [0.717, 1.165) is 76.7 Å². The van der Waals surface area contributed by atoms with Gasteiger partial charge in [-0.3, -0.25) is 19.2 Å². The van der Waals surface area contributed by atoms with Crippen LogP contribution in [0.1, 0.15) is 116 Å². The van der Waals surface area contributed by atoms with E-state index in [2.05, 4.69) is 48.9 Å². The molecule has 2 aromatic rings. The van der Waals surface area contributed by atoms with E-state index < -0.39 is 11.6 Å². The van der Waals surface area contributed by atoms with Crippen LogP contribution in [0.4, 0.5) is 8.78 Å². The molecule has 50 heavy (non-hydrogen) atoms. The molecule has 9 nitrogen and oxygen atoms in total. The van der Waals surface area contributed by atoms with Crippen LogP contribution in [0.2, 0.25) is 0 Å². The number of unbranched alkanes of at least 4 members (excludes halogenated alkanes) is 4. The lowest BCUT2D eigenvalue weighted by atomic mass is 9.93. The number of amides is 4. The quantitative estimate of drug-likeness (QED) is 0.0738. The Hall–Kier alpha value is -3.86. The van der Waals surface area contributed by atoms with Crippen LogP contribution in [-0.4, -0.2) is 55.5 Å². The van der Waals surface area contributed by atoms with Crippen molar-refractivity contribution in [2.45, 2.75) is 124 Å². The Bertz CT molecular complexity index is 1180. The van der Waals surface area contributed by atoms with Crippen molar-refractivity contribution in [2.24, 2.45) is 11.1 Å². The second kappa shape index (κ2) is 31.1. The molecular weight excluding hydrogens is 642 g/mol. The number of hydrogen-bond donors (Lipinski definition) is 5. The summed E-state index contributed by atoms with van der Waals surface area (Å²) in [5, 5.41) is 15.5. The molecule has 0 aromatic heterocycles. The van der Waals surface area contributed by atoms with Crippen molar-refractivity contribution in [3.05, 3.63) is 71.3 Å². The van der Waals surface area contributed by atoms with Gasteiger partial charge >= 0.3 is 0 Å². The van der Waals surface area contributed by atoms with Gasteiger partial charge in [-0.2, -0.15) is 0 Å². The van der Waals surface area contributed by atoms with Crippen molar-refractivity contribution in [3.8, 4) is 0 Å². The predicted molar refractivity (Wildman–Crippen MR) is 198 cm³/mol. The lowest BCUT2D eigenvalue weighted by molar-refractivity contribution is -0.122. The number of nitrogens with one attached hydrogen (secondary N) is 3. The molecule has 6 N–H and O–H groups in total. The van der Waals surface area contributed by atoms with Gasteiger partial charge in [-0.1, -0.05) is 90.6 Å². The number of rotatable bonds is 21. The van der Waals surface area contributed by atoms with E-state index in [1.807, 2.05) is 32.0 Å². The smallest absolute Gasteiger partial charge is 0.220 e. The number of nitrogens with two attached hydrogens (primary N) is 1. The molecule has 0 fully saturated rings. The molecule has 1 unspecified atom stereocenters. The van der Waals surface area contributed by atoms with Gasteiger partial charge in [0.2, 0.25) is 24.1 Å². The Balaban J connectivity index is 0. The largest absolute Gasteiger partial charge is 0.400 e. The molecule has 0 saturated carbocycles. The molecule has 2 rings (SSSR count). The molecule has 0 aliphatic heterocycles. The molecule has 0 aliphatic rings. The van der Waals surface area contributed by atoms with Crippen LogP contribution < -0.4 is 21.7 Å². The van der Waals surface area contributed by atoms with Crippen molar-refractivity contribution in [1.29, 1.82) is 0 Å². The number of carbonyl (C=O) groups is 4. The van der Waals surface area contributed by atoms with Gasteiger partial charge in [0, 0.05) is 45.5 Å². The average molecular weight is 707 g/mol. The minimum atomic E-state index is -0.481. The van der Waals surface area contributed by atoms with Gasteiger partial charge in [0.1, 0.15) is 11.6 Å². The van der Waals surface area contributed by atoms with Crippen molar-refractivity contribution in [1.82, 2.24) is 16.0 Å². The van der Waals surface area contributed by atoms with Crippen LogP contribution in [0, 0.1) is 17.0 Å². The van der Waals surface area contributed by atoms with E-state index >= 15 is 0 Å². The topological polar surface area (TPSA) is 151 Å². The zero-order chi connectivity index (χ0) is 38.2. The summed E-state index contributed by atoms with van der Waals surface area (Å²) >= 11 is 0. The van der Waals surface area contributed by atoms with Crippen LogP contribution in [-0.2, 0) is 32.0 Å². The average Bonchev–Trinajstić information content (AvgIpc) is 3.10. The summed E-state index contributed by atoms with van der Waals surface area (Å²) in [4.78, 5) is 43.9. The number of benzene rings is 2. The summed E-state index contributed by atoms with van der Waals surface area (Å²) in [6, 6.07) is 13.9. The van der Waals surface area contributed by atoms with Gasteiger partial charge in [-0.05, 0) is 73.3 Å². The first-order valence-corrected chi connectivity index (χ1v) is 17.8. The van der Waals surface area contributed by atoms with E-state index in [1.54, 1.807) is 0 Å². The minimum absolute atomic E-state index is 0.143. The molecule has 0 aliphatic carbocycles. The Kier molecular flexibility index (Phi) is 30.1. The first-order valence-electron chi connectivity index (χ1n) is 17.8. The fraction of sp³-hybridized carbons (Fsp3) is 0.590. The fourth-order valence-corrected chi connectivity index (χ4v) is 4.56. The van der Waals surface area contributed by atoms with Crippen LogP contribution in [0.3, 0.4) is 0 Å². The van der Waals surface area contributed by atoms with Gasteiger partial charge in [-0.25, -0.2) is 8.78 Å². The summed E-state index contributed by atoms with van der Waals surface area (Å²) in [6.07, 6.45) is 11.3. The third kappa shape index (κ3) is 28.0. The highest BCUT2D eigenvalue weighted by atomic mass is 19.1. The Morgan fingerprint density at radius 3 is 2.00 bits per heavy atom. The van der Waals surface area contributed by atoms with E-state index in [9.17, 15) is 28.0 Å². The second-order valence-corrected chi connectivity index (χ2v) is 12.8. The van der Waals surface area contributed by atoms with Crippen LogP contribution in [0.5, 0.6) is 0 Å². The zero-order valence-corrected chi connectivity index (χ0v) is 31.3. The van der Waals surface area contributed by atoms with Crippen LogP contribution in [0.15, 0.2) is 48.5 Å². The van der Waals surface area contributed by atoms with Crippen molar-refractivity contribution in [3.63, 3.8) is 0 Å². The normalized spacial score (nSPS) is 10.8. The van der Waals surface area contributed by atoms with Gasteiger partial charge in [0.25, 0.3) is 0 Å². The highest BCUT2D eigenvalue weighted by Crippen LogP contribution is 2.14. The highest BCUT2D eigenvalue weighted by molar-refractivity contribution is 5.76. The Labute approximate surface area is 299 Å². The Morgan fingerprint density at radius 1 is 0.840 bits per heavy atom. The SMILES string of the molecule is CC(C)(CNC=O)CNC(=O)CCCc1cc(F)ccc1F.CCCCCC(=O)NC(CC)Cc1ccccc1.CCCCCC(N)=O.CO. The summed E-state index contributed by atoms with van der Waals surface area (Å²) in [5.41, 5.74) is 6.22. The number of hydrogen-bond acceptors (Lipinski definition) is 5. The molecule has 2 aromatic carbocycles. The van der Waals surface area contributed by atoms with E-state index in [1.165, 1.54) is 5.56 Å². The zero-order valence-electron chi connectivity index (χ0n) is 31.3. The monoisotopic (exact) mass is 706 g/mol. The number of aryl methyl sites for hydroxylation is 1. The van der Waals surface area contributed by atoms with Crippen LogP contribution in [0.25, 0.3) is 0 Å². The maximum absolute atomic E-state index is 13.4. The number of aliphatic hydroxyl groups is 1. The first-order chi connectivity index (χ1) is 23.9. The molecular formula is C39H64F2N4O5. The van der Waals surface area contributed by atoms with E-state index in [4.69, 9.17) is 10.8 Å². The number of primary amides is 1. The van der Waals surface area contributed by atoms with Crippen LogP contribution >= 0.6 is 0 Å². The fourth-order valence-electron chi connectivity index (χ4n) is 4.56. The van der Waals surface area contributed by atoms with Gasteiger partial charge in [-0.15, -0.1) is 0 Å². The molecule has 0 saturated heterocycles. The molecule has 284 valence electrons. The van der Waals surface area contributed by atoms with E-state index in [-0.39, 0.29) is 41.2 Å². The third-order valence-electron chi connectivity index (χ3n) is 7.50. The Morgan fingerprint density at radius 2 is 1.44 bits per heavy atom. The first kappa shape index (κ1) is 48.3. The molecule has 4 amide bonds. The highest BCUT2D eigenvalue weighted by Gasteiger charge is 2.18. The maximum atomic E-state index is 13.4. The maximum Gasteiger partial charge on any atom is 0.220 e. The molecule has 1 atom stereocenters. The predicted octanol–water partition coefficient (Wildman–Crippen LogP) is 6.54. The van der Waals surface area contributed by atoms with Gasteiger partial charge in [0.05, 0.1) is 0 Å². The summed E-state index contributed by atoms with van der Waals surface area (Å²) < 4.78 is 26.4. The second-order valence-electron chi connectivity index (χ2n) is 12.8. The summed E-state index contributed by atoms with van der Waals surface area (Å²) in [7, 11) is 1.00. The number of halogens is 2. The minimum Gasteiger partial charge on any atom is -0.400 e. The van der Waals surface area contributed by atoms with E-state index in [0.29, 0.717) is 45.2 Å². The lowest BCUT2D eigenvalue weighted by Gasteiger charge is -2.24. The lowest BCUT2D eigenvalue weighted by Crippen LogP contribution is -2.40. The standard InChI is InChI=1S/C16H22F2N2O2.C16H25NO.C6H13NO.CH4O/c1-16(2,9-19-11-21)10-20-15(22)5-3-4-12-8-13(17)6-7-14(12)18;1-3-5-7-12-16(18)17-15(4-2)13-14-10-8-6-9-11-14;1-2-3-4-5-6(7)8;1-2/h6-8,11H,3-5,9-10H2,1-2H3,(H,19,21)(H,20,22);6,8-11,15H,3-5,7,12-13H2,1-2H3,(H,17,18);2-5H2,1H3,(H2,7,8);2H,1H3. The molecule has 11 heteroatoms. The van der Waals surface area contributed by atoms with Crippen molar-refractivity contribution in [2.75, 3.05) is 20.2 Å².